The zero-order chi connectivity index (χ0) is 11.5. The van der Waals surface area contributed by atoms with E-state index in [1.807, 2.05) is 0 Å². The number of H-pyrrole nitrogens is 1. The Labute approximate surface area is 103 Å². The number of nitrogen functional groups attached to an aromatic ring is 1. The SMILES string of the molecule is Nc1cc(Cl)c(NCc2cn[nH]c2)c(Cl)c1. The highest BCUT2D eigenvalue weighted by Gasteiger charge is 2.07. The largest absolute Gasteiger partial charge is 0.399 e. The summed E-state index contributed by atoms with van der Waals surface area (Å²) in [6.07, 6.45) is 3.53. The molecule has 1 heterocycles. The maximum absolute atomic E-state index is 6.02. The molecule has 0 bridgehead atoms. The fourth-order valence-corrected chi connectivity index (χ4v) is 1.96. The molecule has 0 spiro atoms. The summed E-state index contributed by atoms with van der Waals surface area (Å²) in [4.78, 5) is 0. The lowest BCUT2D eigenvalue weighted by Gasteiger charge is -2.10. The fourth-order valence-electron chi connectivity index (χ4n) is 1.33. The summed E-state index contributed by atoms with van der Waals surface area (Å²) in [5.74, 6) is 0. The second kappa shape index (κ2) is 4.63. The molecule has 0 aliphatic rings. The van der Waals surface area contributed by atoms with Gasteiger partial charge in [0, 0.05) is 24.0 Å². The smallest absolute Gasteiger partial charge is 0.0723 e. The van der Waals surface area contributed by atoms with Gasteiger partial charge in [0.25, 0.3) is 0 Å². The van der Waals surface area contributed by atoms with Crippen LogP contribution in [0.3, 0.4) is 0 Å². The number of hydrogen-bond donors (Lipinski definition) is 3. The number of halogens is 2. The van der Waals surface area contributed by atoms with Gasteiger partial charge in [-0.15, -0.1) is 0 Å². The van der Waals surface area contributed by atoms with Crippen molar-refractivity contribution in [3.63, 3.8) is 0 Å². The van der Waals surface area contributed by atoms with Gasteiger partial charge in [-0.2, -0.15) is 5.10 Å². The lowest BCUT2D eigenvalue weighted by atomic mass is 10.2. The number of rotatable bonds is 3. The Kier molecular flexibility index (Phi) is 3.22. The summed E-state index contributed by atoms with van der Waals surface area (Å²) in [6.45, 7) is 0.597. The second-order valence-electron chi connectivity index (χ2n) is 3.32. The maximum Gasteiger partial charge on any atom is 0.0723 e. The number of nitrogens with zero attached hydrogens (tertiary/aromatic N) is 1. The molecule has 6 heteroatoms. The fraction of sp³-hybridized carbons (Fsp3) is 0.100. The average Bonchev–Trinajstić information content (AvgIpc) is 2.68. The zero-order valence-electron chi connectivity index (χ0n) is 8.30. The van der Waals surface area contributed by atoms with Crippen molar-refractivity contribution in [1.29, 1.82) is 0 Å². The maximum atomic E-state index is 6.02. The Bertz CT molecular complexity index is 459. The van der Waals surface area contributed by atoms with Gasteiger partial charge in [-0.3, -0.25) is 5.10 Å². The topological polar surface area (TPSA) is 66.7 Å². The number of nitrogens with one attached hydrogen (secondary N) is 2. The first kappa shape index (κ1) is 11.1. The van der Waals surface area contributed by atoms with Crippen LogP contribution in [-0.2, 0) is 6.54 Å². The minimum Gasteiger partial charge on any atom is -0.399 e. The van der Waals surface area contributed by atoms with Crippen LogP contribution in [-0.4, -0.2) is 10.2 Å². The van der Waals surface area contributed by atoms with Gasteiger partial charge in [-0.05, 0) is 12.1 Å². The number of aromatic nitrogens is 2. The average molecular weight is 257 g/mol. The van der Waals surface area contributed by atoms with Gasteiger partial charge in [0.15, 0.2) is 0 Å². The van der Waals surface area contributed by atoms with E-state index in [1.54, 1.807) is 24.5 Å². The van der Waals surface area contributed by atoms with Crippen LogP contribution in [0, 0.1) is 0 Å². The third-order valence-electron chi connectivity index (χ3n) is 2.09. The molecule has 0 amide bonds. The molecule has 0 unspecified atom stereocenters. The van der Waals surface area contributed by atoms with E-state index in [-0.39, 0.29) is 0 Å². The Hall–Kier alpha value is -1.39. The van der Waals surface area contributed by atoms with Crippen molar-refractivity contribution in [2.45, 2.75) is 6.54 Å². The number of hydrogen-bond acceptors (Lipinski definition) is 3. The number of anilines is 2. The quantitative estimate of drug-likeness (QED) is 0.740. The molecule has 0 aliphatic heterocycles. The Morgan fingerprint density at radius 2 is 2.00 bits per heavy atom. The van der Waals surface area contributed by atoms with Crippen LogP contribution in [0.4, 0.5) is 11.4 Å². The first-order valence-electron chi connectivity index (χ1n) is 4.63. The molecule has 1 aromatic carbocycles. The molecular formula is C10H10Cl2N4. The van der Waals surface area contributed by atoms with E-state index in [2.05, 4.69) is 15.5 Å². The second-order valence-corrected chi connectivity index (χ2v) is 4.13. The highest BCUT2D eigenvalue weighted by atomic mass is 35.5. The summed E-state index contributed by atoms with van der Waals surface area (Å²) >= 11 is 12.0. The van der Waals surface area contributed by atoms with E-state index in [9.17, 15) is 0 Å². The van der Waals surface area contributed by atoms with Gasteiger partial charge in [0.1, 0.15) is 0 Å². The monoisotopic (exact) mass is 256 g/mol. The van der Waals surface area contributed by atoms with Crippen LogP contribution in [0.2, 0.25) is 10.0 Å². The van der Waals surface area contributed by atoms with Gasteiger partial charge < -0.3 is 11.1 Å². The summed E-state index contributed by atoms with van der Waals surface area (Å²) in [6, 6.07) is 3.32. The van der Waals surface area contributed by atoms with Crippen molar-refractivity contribution in [2.24, 2.45) is 0 Å². The van der Waals surface area contributed by atoms with E-state index in [1.165, 1.54) is 0 Å². The molecule has 0 saturated carbocycles. The van der Waals surface area contributed by atoms with Gasteiger partial charge >= 0.3 is 0 Å². The molecule has 1 aromatic heterocycles. The lowest BCUT2D eigenvalue weighted by molar-refractivity contribution is 1.09. The van der Waals surface area contributed by atoms with E-state index in [0.29, 0.717) is 28.0 Å². The predicted molar refractivity (Wildman–Crippen MR) is 66.8 cm³/mol. The molecule has 0 aliphatic carbocycles. The van der Waals surface area contributed by atoms with Gasteiger partial charge in [0.2, 0.25) is 0 Å². The molecule has 2 aromatic rings. The van der Waals surface area contributed by atoms with Crippen LogP contribution in [0.25, 0.3) is 0 Å². The molecule has 0 fully saturated rings. The molecule has 84 valence electrons. The van der Waals surface area contributed by atoms with Crippen LogP contribution < -0.4 is 11.1 Å². The molecule has 2 rings (SSSR count). The Morgan fingerprint density at radius 3 is 2.56 bits per heavy atom. The highest BCUT2D eigenvalue weighted by molar-refractivity contribution is 6.39. The molecule has 0 saturated heterocycles. The predicted octanol–water partition coefficient (Wildman–Crippen LogP) is 2.91. The lowest BCUT2D eigenvalue weighted by Crippen LogP contribution is -2.00. The molecule has 4 nitrogen and oxygen atoms in total. The first-order chi connectivity index (χ1) is 7.66. The van der Waals surface area contributed by atoms with Crippen LogP contribution in [0.1, 0.15) is 5.56 Å². The minimum atomic E-state index is 0.508. The zero-order valence-corrected chi connectivity index (χ0v) is 9.81. The van der Waals surface area contributed by atoms with Gasteiger partial charge in [0.05, 0.1) is 21.9 Å². The summed E-state index contributed by atoms with van der Waals surface area (Å²) in [5.41, 5.74) is 7.85. The van der Waals surface area contributed by atoms with Crippen LogP contribution in [0.15, 0.2) is 24.5 Å². The summed E-state index contributed by atoms with van der Waals surface area (Å²) in [7, 11) is 0. The van der Waals surface area contributed by atoms with Crippen molar-refractivity contribution in [2.75, 3.05) is 11.1 Å². The molecule has 16 heavy (non-hydrogen) atoms. The third-order valence-corrected chi connectivity index (χ3v) is 2.68. The minimum absolute atomic E-state index is 0.508. The highest BCUT2D eigenvalue weighted by Crippen LogP contribution is 2.32. The van der Waals surface area contributed by atoms with Crippen LogP contribution in [0.5, 0.6) is 0 Å². The van der Waals surface area contributed by atoms with Crippen molar-refractivity contribution in [3.05, 3.63) is 40.1 Å². The standard InChI is InChI=1S/C10H10Cl2N4/c11-8-1-7(13)2-9(12)10(8)14-3-6-4-15-16-5-6/h1-2,4-5,14H,3,13H2,(H,15,16). The normalized spacial score (nSPS) is 10.4. The number of aromatic amines is 1. The van der Waals surface area contributed by atoms with Gasteiger partial charge in [-0.1, -0.05) is 23.2 Å². The molecule has 0 atom stereocenters. The number of benzene rings is 1. The van der Waals surface area contributed by atoms with E-state index < -0.39 is 0 Å². The molecule has 0 radical (unpaired) electrons. The van der Waals surface area contributed by atoms with Crippen molar-refractivity contribution >= 4 is 34.6 Å². The van der Waals surface area contributed by atoms with Crippen molar-refractivity contribution < 1.29 is 0 Å². The Morgan fingerprint density at radius 1 is 1.31 bits per heavy atom. The van der Waals surface area contributed by atoms with E-state index in [0.717, 1.165) is 5.56 Å². The number of nitrogens with two attached hydrogens (primary N) is 1. The molecule has 4 N–H and O–H groups in total. The first-order valence-corrected chi connectivity index (χ1v) is 5.38. The van der Waals surface area contributed by atoms with Crippen molar-refractivity contribution in [3.8, 4) is 0 Å². The van der Waals surface area contributed by atoms with Crippen molar-refractivity contribution in [1.82, 2.24) is 10.2 Å². The summed E-state index contributed by atoms with van der Waals surface area (Å²) in [5, 5.41) is 10.7. The van der Waals surface area contributed by atoms with E-state index >= 15 is 0 Å². The van der Waals surface area contributed by atoms with E-state index in [4.69, 9.17) is 28.9 Å². The third kappa shape index (κ3) is 2.40. The Balaban J connectivity index is 2.15. The van der Waals surface area contributed by atoms with Gasteiger partial charge in [-0.25, -0.2) is 0 Å². The molecular weight excluding hydrogens is 247 g/mol. The summed E-state index contributed by atoms with van der Waals surface area (Å²) < 4.78 is 0. The van der Waals surface area contributed by atoms with Crippen LogP contribution >= 0.6 is 23.2 Å².